The number of anilines is 2. The van der Waals surface area contributed by atoms with Crippen molar-refractivity contribution in [1.82, 2.24) is 4.98 Å². The summed E-state index contributed by atoms with van der Waals surface area (Å²) in [5, 5.41) is 2.86. The minimum absolute atomic E-state index is 0.178. The Morgan fingerprint density at radius 3 is 2.19 bits per heavy atom. The van der Waals surface area contributed by atoms with Crippen molar-refractivity contribution in [3.05, 3.63) is 77.0 Å². The molecule has 0 radical (unpaired) electrons. The van der Waals surface area contributed by atoms with Crippen LogP contribution < -0.4 is 15.8 Å². The standard InChI is InChI=1S/C26H31N3O3/c1-5-18(6-2)19-7-11-21(12-8-19)32-22-13-9-20(10-14-22)28-26(30)23-15-17(3)24(16-31-4)29-25(23)27/h7-15,18H,5-6,16H2,1-4H3,(H2,27,29)(H,28,30). The summed E-state index contributed by atoms with van der Waals surface area (Å²) in [6.45, 7) is 6.64. The number of methoxy groups -OCH3 is 1. The van der Waals surface area contributed by atoms with Gasteiger partial charge in [-0.15, -0.1) is 0 Å². The maximum Gasteiger partial charge on any atom is 0.259 e. The molecular formula is C26H31N3O3. The van der Waals surface area contributed by atoms with E-state index in [0.29, 0.717) is 29.5 Å². The van der Waals surface area contributed by atoms with E-state index in [0.717, 1.165) is 29.8 Å². The second-order valence-corrected chi connectivity index (χ2v) is 7.78. The number of hydrogen-bond acceptors (Lipinski definition) is 5. The van der Waals surface area contributed by atoms with Crippen LogP contribution in [0.4, 0.5) is 11.5 Å². The zero-order valence-corrected chi connectivity index (χ0v) is 19.1. The number of aryl methyl sites for hydroxylation is 1. The van der Waals surface area contributed by atoms with Gasteiger partial charge in [-0.3, -0.25) is 4.79 Å². The highest BCUT2D eigenvalue weighted by Crippen LogP contribution is 2.28. The van der Waals surface area contributed by atoms with Crippen molar-refractivity contribution in [3.63, 3.8) is 0 Å². The SMILES string of the molecule is CCC(CC)c1ccc(Oc2ccc(NC(=O)c3cc(C)c(COC)nc3N)cc2)cc1. The Kier molecular flexibility index (Phi) is 7.84. The minimum atomic E-state index is -0.312. The Balaban J connectivity index is 1.65. The minimum Gasteiger partial charge on any atom is -0.457 e. The molecule has 1 aromatic heterocycles. The van der Waals surface area contributed by atoms with E-state index in [2.05, 4.69) is 36.3 Å². The highest BCUT2D eigenvalue weighted by Gasteiger charge is 2.14. The summed E-state index contributed by atoms with van der Waals surface area (Å²) < 4.78 is 11.1. The van der Waals surface area contributed by atoms with Gasteiger partial charge in [-0.25, -0.2) is 4.98 Å². The molecule has 0 atom stereocenters. The molecule has 3 aromatic rings. The lowest BCUT2D eigenvalue weighted by Gasteiger charge is -2.14. The topological polar surface area (TPSA) is 86.5 Å². The number of nitrogens with zero attached hydrogens (tertiary/aromatic N) is 1. The lowest BCUT2D eigenvalue weighted by molar-refractivity contribution is 0.102. The number of nitrogens with one attached hydrogen (secondary N) is 1. The van der Waals surface area contributed by atoms with Crippen molar-refractivity contribution >= 4 is 17.4 Å². The van der Waals surface area contributed by atoms with Gasteiger partial charge in [0.15, 0.2) is 0 Å². The normalized spacial score (nSPS) is 10.9. The van der Waals surface area contributed by atoms with Crippen molar-refractivity contribution in [1.29, 1.82) is 0 Å². The van der Waals surface area contributed by atoms with E-state index in [1.54, 1.807) is 25.3 Å². The highest BCUT2D eigenvalue weighted by molar-refractivity contribution is 6.07. The van der Waals surface area contributed by atoms with Gasteiger partial charge in [0.25, 0.3) is 5.91 Å². The van der Waals surface area contributed by atoms with E-state index in [1.807, 2.05) is 31.2 Å². The largest absolute Gasteiger partial charge is 0.457 e. The third kappa shape index (κ3) is 5.65. The Morgan fingerprint density at radius 1 is 1.03 bits per heavy atom. The molecular weight excluding hydrogens is 402 g/mol. The van der Waals surface area contributed by atoms with Crippen LogP contribution in [-0.2, 0) is 11.3 Å². The van der Waals surface area contributed by atoms with Crippen LogP contribution in [0, 0.1) is 6.92 Å². The molecule has 168 valence electrons. The van der Waals surface area contributed by atoms with Crippen molar-refractivity contribution in [3.8, 4) is 11.5 Å². The van der Waals surface area contributed by atoms with Gasteiger partial charge in [0.05, 0.1) is 17.9 Å². The number of nitrogens with two attached hydrogens (primary N) is 1. The average molecular weight is 434 g/mol. The number of ether oxygens (including phenoxy) is 2. The average Bonchev–Trinajstić information content (AvgIpc) is 2.79. The van der Waals surface area contributed by atoms with Gasteiger partial charge in [-0.1, -0.05) is 26.0 Å². The molecule has 0 aliphatic carbocycles. The van der Waals surface area contributed by atoms with Crippen LogP contribution in [-0.4, -0.2) is 18.0 Å². The molecule has 3 rings (SSSR count). The first-order valence-corrected chi connectivity index (χ1v) is 10.9. The van der Waals surface area contributed by atoms with Crippen LogP contribution in [0.2, 0.25) is 0 Å². The molecule has 0 bridgehead atoms. The quantitative estimate of drug-likeness (QED) is 0.428. The predicted molar refractivity (Wildman–Crippen MR) is 128 cm³/mol. The second kappa shape index (κ2) is 10.8. The number of carbonyl (C=O) groups is 1. The Labute approximate surface area is 189 Å². The van der Waals surface area contributed by atoms with E-state index in [9.17, 15) is 4.79 Å². The monoisotopic (exact) mass is 433 g/mol. The second-order valence-electron chi connectivity index (χ2n) is 7.78. The van der Waals surface area contributed by atoms with Crippen molar-refractivity contribution < 1.29 is 14.3 Å². The van der Waals surface area contributed by atoms with E-state index in [4.69, 9.17) is 15.2 Å². The number of rotatable bonds is 9. The van der Waals surface area contributed by atoms with Crippen LogP contribution in [0.1, 0.15) is 59.8 Å². The molecule has 0 saturated heterocycles. The molecule has 1 heterocycles. The molecule has 0 saturated carbocycles. The summed E-state index contributed by atoms with van der Waals surface area (Å²) in [6, 6.07) is 17.2. The third-order valence-electron chi connectivity index (χ3n) is 5.56. The number of pyridine rings is 1. The molecule has 3 N–H and O–H groups in total. The fourth-order valence-corrected chi connectivity index (χ4v) is 3.64. The summed E-state index contributed by atoms with van der Waals surface area (Å²) in [7, 11) is 1.59. The van der Waals surface area contributed by atoms with Gasteiger partial charge in [-0.05, 0) is 79.3 Å². The Hall–Kier alpha value is -3.38. The number of aromatic nitrogens is 1. The Bertz CT molecular complexity index is 1040. The predicted octanol–water partition coefficient (Wildman–Crippen LogP) is 6.07. The molecule has 0 aliphatic heterocycles. The third-order valence-corrected chi connectivity index (χ3v) is 5.56. The van der Waals surface area contributed by atoms with Gasteiger partial charge in [0.1, 0.15) is 17.3 Å². The maximum atomic E-state index is 12.7. The van der Waals surface area contributed by atoms with Crippen LogP contribution >= 0.6 is 0 Å². The Morgan fingerprint density at radius 2 is 1.62 bits per heavy atom. The molecule has 0 spiro atoms. The van der Waals surface area contributed by atoms with E-state index in [-0.39, 0.29) is 11.7 Å². The van der Waals surface area contributed by atoms with Gasteiger partial charge in [-0.2, -0.15) is 0 Å². The number of amides is 1. The fraction of sp³-hybridized carbons (Fsp3) is 0.308. The molecule has 2 aromatic carbocycles. The smallest absolute Gasteiger partial charge is 0.259 e. The van der Waals surface area contributed by atoms with Crippen LogP contribution in [0.3, 0.4) is 0 Å². The first-order chi connectivity index (χ1) is 15.4. The van der Waals surface area contributed by atoms with Crippen LogP contribution in [0.15, 0.2) is 54.6 Å². The highest BCUT2D eigenvalue weighted by atomic mass is 16.5. The zero-order chi connectivity index (χ0) is 23.1. The van der Waals surface area contributed by atoms with E-state index in [1.165, 1.54) is 5.56 Å². The molecule has 1 amide bonds. The van der Waals surface area contributed by atoms with Crippen molar-refractivity contribution in [2.75, 3.05) is 18.2 Å². The molecule has 0 unspecified atom stereocenters. The van der Waals surface area contributed by atoms with E-state index < -0.39 is 0 Å². The van der Waals surface area contributed by atoms with Gasteiger partial charge in [0.2, 0.25) is 0 Å². The summed E-state index contributed by atoms with van der Waals surface area (Å²) in [4.78, 5) is 17.0. The summed E-state index contributed by atoms with van der Waals surface area (Å²) in [5.74, 6) is 1.92. The fourth-order valence-electron chi connectivity index (χ4n) is 3.64. The number of benzene rings is 2. The molecule has 32 heavy (non-hydrogen) atoms. The first kappa shape index (κ1) is 23.3. The summed E-state index contributed by atoms with van der Waals surface area (Å²) >= 11 is 0. The van der Waals surface area contributed by atoms with Crippen LogP contribution in [0.5, 0.6) is 11.5 Å². The maximum absolute atomic E-state index is 12.7. The van der Waals surface area contributed by atoms with Gasteiger partial charge in [0, 0.05) is 12.8 Å². The lowest BCUT2D eigenvalue weighted by atomic mass is 9.94. The summed E-state index contributed by atoms with van der Waals surface area (Å²) in [5.41, 5.74) is 9.86. The van der Waals surface area contributed by atoms with Gasteiger partial charge >= 0.3 is 0 Å². The van der Waals surface area contributed by atoms with Crippen molar-refractivity contribution in [2.45, 2.75) is 46.1 Å². The molecule has 0 fully saturated rings. The molecule has 0 aliphatic rings. The lowest BCUT2D eigenvalue weighted by Crippen LogP contribution is -2.16. The molecule has 6 nitrogen and oxygen atoms in total. The van der Waals surface area contributed by atoms with Gasteiger partial charge < -0.3 is 20.5 Å². The summed E-state index contributed by atoms with van der Waals surface area (Å²) in [6.07, 6.45) is 2.25. The number of hydrogen-bond donors (Lipinski definition) is 2. The number of carbonyl (C=O) groups excluding carboxylic acids is 1. The molecule has 6 heteroatoms. The number of nitrogen functional groups attached to an aromatic ring is 1. The zero-order valence-electron chi connectivity index (χ0n) is 19.1. The first-order valence-electron chi connectivity index (χ1n) is 10.9. The van der Waals surface area contributed by atoms with E-state index >= 15 is 0 Å². The van der Waals surface area contributed by atoms with Crippen molar-refractivity contribution in [2.24, 2.45) is 0 Å². The van der Waals surface area contributed by atoms with Crippen LogP contribution in [0.25, 0.3) is 0 Å².